The molecule has 1 rings (SSSR count). The molecule has 0 spiro atoms. The summed E-state index contributed by atoms with van der Waals surface area (Å²) in [5.41, 5.74) is 0. The summed E-state index contributed by atoms with van der Waals surface area (Å²) in [6.07, 6.45) is 0.954. The van der Waals surface area contributed by atoms with Crippen LogP contribution in [0.5, 0.6) is 0 Å². The average molecular weight is 252 g/mol. The van der Waals surface area contributed by atoms with E-state index in [-0.39, 0.29) is 11.9 Å². The highest BCUT2D eigenvalue weighted by molar-refractivity contribution is 7.99. The molecule has 0 heterocycles. The summed E-state index contributed by atoms with van der Waals surface area (Å²) in [5, 5.41) is 5.87. The normalized spacial score (nSPS) is 12.1. The molecule has 0 fully saturated rings. The van der Waals surface area contributed by atoms with Gasteiger partial charge in [-0.2, -0.15) is 0 Å². The number of amides is 1. The Morgan fingerprint density at radius 3 is 2.65 bits per heavy atom. The molecular formula is C13H20N2OS. The van der Waals surface area contributed by atoms with E-state index in [4.69, 9.17) is 0 Å². The van der Waals surface area contributed by atoms with Crippen molar-refractivity contribution in [1.82, 2.24) is 10.6 Å². The van der Waals surface area contributed by atoms with Gasteiger partial charge >= 0.3 is 0 Å². The van der Waals surface area contributed by atoms with Crippen LogP contribution in [0.2, 0.25) is 0 Å². The second-order valence-corrected chi connectivity index (χ2v) is 4.92. The number of carbonyl (C=O) groups is 1. The van der Waals surface area contributed by atoms with Gasteiger partial charge in [-0.25, -0.2) is 0 Å². The quantitative estimate of drug-likeness (QED) is 0.728. The zero-order valence-electron chi connectivity index (χ0n) is 10.4. The first-order valence-corrected chi connectivity index (χ1v) is 6.86. The van der Waals surface area contributed by atoms with Crippen molar-refractivity contribution in [2.75, 3.05) is 19.3 Å². The molecule has 1 atom stereocenters. The van der Waals surface area contributed by atoms with Crippen molar-refractivity contribution in [3.8, 4) is 0 Å². The second-order valence-electron chi connectivity index (χ2n) is 3.83. The van der Waals surface area contributed by atoms with Gasteiger partial charge in [-0.1, -0.05) is 25.1 Å². The third kappa shape index (κ3) is 5.75. The molecule has 0 radical (unpaired) electrons. The van der Waals surface area contributed by atoms with Gasteiger partial charge in [0, 0.05) is 16.7 Å². The summed E-state index contributed by atoms with van der Waals surface area (Å²) >= 11 is 1.78. The van der Waals surface area contributed by atoms with Gasteiger partial charge < -0.3 is 10.6 Å². The lowest BCUT2D eigenvalue weighted by molar-refractivity contribution is -0.120. The maximum absolute atomic E-state index is 11.4. The van der Waals surface area contributed by atoms with Crippen LogP contribution in [0.15, 0.2) is 35.2 Å². The molecule has 0 bridgehead atoms. The predicted molar refractivity (Wildman–Crippen MR) is 73.3 cm³/mol. The number of nitrogens with one attached hydrogen (secondary N) is 2. The number of thioether (sulfide) groups is 1. The number of likely N-dealkylation sites (N-methyl/N-ethyl adjacent to an activating group) is 1. The van der Waals surface area contributed by atoms with Gasteiger partial charge in [0.25, 0.3) is 0 Å². The molecule has 1 aromatic rings. The highest BCUT2D eigenvalue weighted by Gasteiger charge is 2.09. The first kappa shape index (κ1) is 14.1. The minimum atomic E-state index is 0.0630. The van der Waals surface area contributed by atoms with Crippen molar-refractivity contribution in [2.24, 2.45) is 0 Å². The van der Waals surface area contributed by atoms with Crippen LogP contribution in [0, 0.1) is 0 Å². The molecule has 3 nitrogen and oxygen atoms in total. The Labute approximate surface area is 107 Å². The number of carbonyl (C=O) groups excluding carboxylic acids is 1. The Morgan fingerprint density at radius 1 is 1.35 bits per heavy atom. The maximum Gasteiger partial charge on any atom is 0.234 e. The van der Waals surface area contributed by atoms with Crippen LogP contribution in [-0.4, -0.2) is 31.3 Å². The van der Waals surface area contributed by atoms with E-state index in [1.807, 2.05) is 18.2 Å². The van der Waals surface area contributed by atoms with Crippen LogP contribution in [-0.2, 0) is 4.79 Å². The minimum absolute atomic E-state index is 0.0630. The van der Waals surface area contributed by atoms with Gasteiger partial charge in [-0.05, 0) is 25.6 Å². The Bertz CT molecular complexity index is 329. The van der Waals surface area contributed by atoms with Gasteiger partial charge in [0.05, 0.1) is 6.54 Å². The van der Waals surface area contributed by atoms with Crippen molar-refractivity contribution < 1.29 is 4.79 Å². The van der Waals surface area contributed by atoms with Gasteiger partial charge in [0.15, 0.2) is 0 Å². The fourth-order valence-corrected chi connectivity index (χ4v) is 2.48. The summed E-state index contributed by atoms with van der Waals surface area (Å²) < 4.78 is 0. The molecule has 0 aliphatic heterocycles. The largest absolute Gasteiger partial charge is 0.351 e. The lowest BCUT2D eigenvalue weighted by atomic mass is 10.2. The van der Waals surface area contributed by atoms with Crippen LogP contribution in [0.3, 0.4) is 0 Å². The van der Waals surface area contributed by atoms with Gasteiger partial charge in [-0.3, -0.25) is 4.79 Å². The molecule has 1 aromatic carbocycles. The third-order valence-corrected chi connectivity index (χ3v) is 3.56. The third-order valence-electron chi connectivity index (χ3n) is 2.39. The monoisotopic (exact) mass is 252 g/mol. The second kappa shape index (κ2) is 8.14. The zero-order chi connectivity index (χ0) is 12.5. The molecule has 0 aromatic heterocycles. The van der Waals surface area contributed by atoms with E-state index < -0.39 is 0 Å². The van der Waals surface area contributed by atoms with Crippen LogP contribution in [0.25, 0.3) is 0 Å². The molecular weight excluding hydrogens is 232 g/mol. The smallest absolute Gasteiger partial charge is 0.234 e. The summed E-state index contributed by atoms with van der Waals surface area (Å²) in [6, 6.07) is 10.5. The van der Waals surface area contributed by atoms with Crippen molar-refractivity contribution >= 4 is 17.7 Å². The molecule has 0 aliphatic rings. The number of rotatable bonds is 7. The SMILES string of the molecule is CC[C@@H](CSc1ccccc1)NC(=O)CNC. The maximum atomic E-state index is 11.4. The van der Waals surface area contributed by atoms with Crippen LogP contribution < -0.4 is 10.6 Å². The zero-order valence-corrected chi connectivity index (χ0v) is 11.2. The van der Waals surface area contributed by atoms with Crippen molar-refractivity contribution in [3.63, 3.8) is 0 Å². The Morgan fingerprint density at radius 2 is 2.06 bits per heavy atom. The number of hydrogen-bond donors (Lipinski definition) is 2. The van der Waals surface area contributed by atoms with Crippen LogP contribution in [0.1, 0.15) is 13.3 Å². The van der Waals surface area contributed by atoms with Crippen molar-refractivity contribution in [2.45, 2.75) is 24.3 Å². The molecule has 17 heavy (non-hydrogen) atoms. The molecule has 94 valence electrons. The number of benzene rings is 1. The van der Waals surface area contributed by atoms with E-state index in [2.05, 4.69) is 29.7 Å². The fraction of sp³-hybridized carbons (Fsp3) is 0.462. The Kier molecular flexibility index (Phi) is 6.74. The minimum Gasteiger partial charge on any atom is -0.351 e. The first-order valence-electron chi connectivity index (χ1n) is 5.88. The topological polar surface area (TPSA) is 41.1 Å². The Balaban J connectivity index is 2.34. The number of hydrogen-bond acceptors (Lipinski definition) is 3. The van der Waals surface area contributed by atoms with Gasteiger partial charge in [-0.15, -0.1) is 11.8 Å². The van der Waals surface area contributed by atoms with Gasteiger partial charge in [0.1, 0.15) is 0 Å². The summed E-state index contributed by atoms with van der Waals surface area (Å²) in [6.45, 7) is 2.47. The fourth-order valence-electron chi connectivity index (χ4n) is 1.41. The molecule has 0 saturated heterocycles. The summed E-state index contributed by atoms with van der Waals surface area (Å²) in [4.78, 5) is 12.7. The Hall–Kier alpha value is -1.00. The average Bonchev–Trinajstić information content (AvgIpc) is 2.36. The van der Waals surface area contributed by atoms with Gasteiger partial charge in [0.2, 0.25) is 5.91 Å². The molecule has 2 N–H and O–H groups in total. The molecule has 4 heteroatoms. The van der Waals surface area contributed by atoms with E-state index in [0.29, 0.717) is 6.54 Å². The van der Waals surface area contributed by atoms with Crippen molar-refractivity contribution in [1.29, 1.82) is 0 Å². The first-order chi connectivity index (χ1) is 8.26. The summed E-state index contributed by atoms with van der Waals surface area (Å²) in [5.74, 6) is 0.976. The predicted octanol–water partition coefficient (Wildman–Crippen LogP) is 1.89. The lowest BCUT2D eigenvalue weighted by Gasteiger charge is -2.16. The highest BCUT2D eigenvalue weighted by Crippen LogP contribution is 2.18. The van der Waals surface area contributed by atoms with Crippen LogP contribution in [0.4, 0.5) is 0 Å². The molecule has 0 saturated carbocycles. The molecule has 0 unspecified atom stereocenters. The van der Waals surface area contributed by atoms with E-state index in [9.17, 15) is 4.79 Å². The van der Waals surface area contributed by atoms with Crippen molar-refractivity contribution in [3.05, 3.63) is 30.3 Å². The highest BCUT2D eigenvalue weighted by atomic mass is 32.2. The van der Waals surface area contributed by atoms with E-state index >= 15 is 0 Å². The lowest BCUT2D eigenvalue weighted by Crippen LogP contribution is -2.40. The standard InChI is InChI=1S/C13H20N2OS/c1-3-11(15-13(16)9-14-2)10-17-12-7-5-4-6-8-12/h4-8,11,14H,3,9-10H2,1-2H3,(H,15,16)/t11-/m0/s1. The van der Waals surface area contributed by atoms with E-state index in [0.717, 1.165) is 12.2 Å². The van der Waals surface area contributed by atoms with E-state index in [1.165, 1.54) is 4.90 Å². The molecule has 0 aliphatic carbocycles. The van der Waals surface area contributed by atoms with E-state index in [1.54, 1.807) is 18.8 Å². The van der Waals surface area contributed by atoms with Crippen LogP contribution >= 0.6 is 11.8 Å². The summed E-state index contributed by atoms with van der Waals surface area (Å²) in [7, 11) is 1.78. The molecule has 1 amide bonds.